The maximum absolute atomic E-state index is 13.2. The lowest BCUT2D eigenvalue weighted by atomic mass is 10.00. The standard InChI is InChI=1S/C11H10F5NO3.ClH/c1-18-6-2-5(3-7-8(6)20-4-19-7)9(17)10(12,13)11(14,15)16;/h2-3,9H,4,17H2,1H3;1H/t9-;/m1./s1. The van der Waals surface area contributed by atoms with Crippen molar-refractivity contribution in [3.8, 4) is 17.2 Å². The molecule has 1 aliphatic heterocycles. The molecule has 0 saturated heterocycles. The molecule has 0 amide bonds. The van der Waals surface area contributed by atoms with Gasteiger partial charge in [-0.2, -0.15) is 22.0 Å². The van der Waals surface area contributed by atoms with E-state index in [0.717, 1.165) is 12.1 Å². The lowest BCUT2D eigenvalue weighted by Crippen LogP contribution is -2.45. The number of nitrogens with two attached hydrogens (primary N) is 1. The van der Waals surface area contributed by atoms with Crippen LogP contribution in [0, 0.1) is 0 Å². The first-order chi connectivity index (χ1) is 9.18. The first kappa shape index (κ1) is 17.6. The zero-order valence-electron chi connectivity index (χ0n) is 10.5. The minimum Gasteiger partial charge on any atom is -0.493 e. The number of hydrogen-bond donors (Lipinski definition) is 1. The van der Waals surface area contributed by atoms with E-state index in [9.17, 15) is 22.0 Å². The fraction of sp³-hybridized carbons (Fsp3) is 0.455. The van der Waals surface area contributed by atoms with E-state index in [1.165, 1.54) is 7.11 Å². The second-order valence-electron chi connectivity index (χ2n) is 4.06. The van der Waals surface area contributed by atoms with Gasteiger partial charge >= 0.3 is 12.1 Å². The van der Waals surface area contributed by atoms with Gasteiger partial charge in [-0.05, 0) is 17.7 Å². The fourth-order valence-electron chi connectivity index (χ4n) is 1.72. The molecule has 0 bridgehead atoms. The van der Waals surface area contributed by atoms with Gasteiger partial charge in [-0.15, -0.1) is 12.4 Å². The van der Waals surface area contributed by atoms with Gasteiger partial charge in [0.15, 0.2) is 11.5 Å². The number of rotatable bonds is 3. The molecule has 2 rings (SSSR count). The number of halogens is 6. The van der Waals surface area contributed by atoms with E-state index < -0.39 is 23.7 Å². The summed E-state index contributed by atoms with van der Waals surface area (Å²) in [6.45, 7) is -0.181. The van der Waals surface area contributed by atoms with E-state index in [-0.39, 0.29) is 36.4 Å². The Morgan fingerprint density at radius 1 is 1.19 bits per heavy atom. The van der Waals surface area contributed by atoms with E-state index >= 15 is 0 Å². The van der Waals surface area contributed by atoms with Gasteiger partial charge in [-0.3, -0.25) is 0 Å². The first-order valence-corrected chi connectivity index (χ1v) is 5.36. The van der Waals surface area contributed by atoms with Crippen molar-refractivity contribution in [3.05, 3.63) is 17.7 Å². The zero-order chi connectivity index (χ0) is 15.1. The Labute approximate surface area is 122 Å². The molecular weight excluding hydrogens is 325 g/mol. The molecule has 0 aliphatic carbocycles. The minimum absolute atomic E-state index is 0. The summed E-state index contributed by atoms with van der Waals surface area (Å²) in [4.78, 5) is 0. The van der Waals surface area contributed by atoms with Crippen LogP contribution in [0.4, 0.5) is 22.0 Å². The molecule has 2 N–H and O–H groups in total. The Balaban J connectivity index is 0.00000220. The summed E-state index contributed by atoms with van der Waals surface area (Å²) in [5.41, 5.74) is 4.59. The summed E-state index contributed by atoms with van der Waals surface area (Å²) in [5, 5.41) is 0. The molecule has 1 heterocycles. The largest absolute Gasteiger partial charge is 0.493 e. The van der Waals surface area contributed by atoms with Crippen molar-refractivity contribution in [1.29, 1.82) is 0 Å². The number of fused-ring (bicyclic) bond motifs is 1. The third kappa shape index (κ3) is 2.93. The first-order valence-electron chi connectivity index (χ1n) is 5.36. The predicted molar refractivity (Wildman–Crippen MR) is 64.3 cm³/mol. The molecule has 0 aromatic heterocycles. The van der Waals surface area contributed by atoms with E-state index in [0.29, 0.717) is 0 Å². The molecule has 0 radical (unpaired) electrons. The Hall–Kier alpha value is -1.48. The number of alkyl halides is 5. The molecule has 1 aromatic carbocycles. The van der Waals surface area contributed by atoms with Gasteiger partial charge in [0.2, 0.25) is 12.5 Å². The third-order valence-electron chi connectivity index (χ3n) is 2.81. The Morgan fingerprint density at radius 2 is 1.81 bits per heavy atom. The van der Waals surface area contributed by atoms with Crippen LogP contribution in [0.5, 0.6) is 17.2 Å². The lowest BCUT2D eigenvalue weighted by Gasteiger charge is -2.26. The van der Waals surface area contributed by atoms with Crippen molar-refractivity contribution >= 4 is 12.4 Å². The van der Waals surface area contributed by atoms with Gasteiger partial charge in [0.05, 0.1) is 7.11 Å². The molecular formula is C11H11ClF5NO3. The number of hydrogen-bond acceptors (Lipinski definition) is 4. The van der Waals surface area contributed by atoms with Crippen molar-refractivity contribution in [2.45, 2.75) is 18.1 Å². The summed E-state index contributed by atoms with van der Waals surface area (Å²) in [5.74, 6) is -4.96. The Morgan fingerprint density at radius 3 is 2.33 bits per heavy atom. The van der Waals surface area contributed by atoms with Gasteiger partial charge in [-0.1, -0.05) is 0 Å². The molecule has 4 nitrogen and oxygen atoms in total. The highest BCUT2D eigenvalue weighted by molar-refractivity contribution is 5.85. The summed E-state index contributed by atoms with van der Waals surface area (Å²) < 4.78 is 78.2. The quantitative estimate of drug-likeness (QED) is 0.863. The maximum atomic E-state index is 13.2. The summed E-state index contributed by atoms with van der Waals surface area (Å²) in [6.07, 6.45) is -5.75. The average molecular weight is 336 g/mol. The topological polar surface area (TPSA) is 53.7 Å². The van der Waals surface area contributed by atoms with Crippen molar-refractivity contribution in [1.82, 2.24) is 0 Å². The van der Waals surface area contributed by atoms with Crippen LogP contribution in [0.25, 0.3) is 0 Å². The minimum atomic E-state index is -5.75. The van der Waals surface area contributed by atoms with Crippen LogP contribution >= 0.6 is 12.4 Å². The second kappa shape index (κ2) is 5.72. The van der Waals surface area contributed by atoms with Crippen molar-refractivity contribution < 1.29 is 36.2 Å². The van der Waals surface area contributed by atoms with Gasteiger partial charge in [0, 0.05) is 0 Å². The van der Waals surface area contributed by atoms with E-state index in [2.05, 4.69) is 0 Å². The predicted octanol–water partition coefficient (Wildman–Crippen LogP) is 3.04. The van der Waals surface area contributed by atoms with Crippen molar-refractivity contribution in [2.75, 3.05) is 13.9 Å². The number of benzene rings is 1. The fourth-order valence-corrected chi connectivity index (χ4v) is 1.72. The SMILES string of the molecule is COc1cc([C@@H](N)C(F)(F)C(F)(F)F)cc2c1OCO2.Cl. The molecule has 0 unspecified atom stereocenters. The smallest absolute Gasteiger partial charge is 0.455 e. The molecule has 0 saturated carbocycles. The van der Waals surface area contributed by atoms with Gasteiger partial charge in [0.1, 0.15) is 6.04 Å². The second-order valence-corrected chi connectivity index (χ2v) is 4.06. The van der Waals surface area contributed by atoms with E-state index in [1.807, 2.05) is 0 Å². The van der Waals surface area contributed by atoms with Gasteiger partial charge < -0.3 is 19.9 Å². The van der Waals surface area contributed by atoms with E-state index in [1.54, 1.807) is 0 Å². The average Bonchev–Trinajstić information content (AvgIpc) is 2.83. The maximum Gasteiger partial charge on any atom is 0.455 e. The van der Waals surface area contributed by atoms with Crippen molar-refractivity contribution in [2.24, 2.45) is 5.73 Å². The normalized spacial score (nSPS) is 15.4. The number of methoxy groups -OCH3 is 1. The monoisotopic (exact) mass is 335 g/mol. The zero-order valence-corrected chi connectivity index (χ0v) is 11.4. The van der Waals surface area contributed by atoms with E-state index in [4.69, 9.17) is 19.9 Å². The van der Waals surface area contributed by atoms with Crippen LogP contribution in [-0.4, -0.2) is 26.0 Å². The summed E-state index contributed by atoms with van der Waals surface area (Å²) in [7, 11) is 1.22. The summed E-state index contributed by atoms with van der Waals surface area (Å²) in [6, 6.07) is -0.626. The molecule has 120 valence electrons. The van der Waals surface area contributed by atoms with Crippen molar-refractivity contribution in [3.63, 3.8) is 0 Å². The van der Waals surface area contributed by atoms with Crippen LogP contribution in [0.15, 0.2) is 12.1 Å². The molecule has 10 heteroatoms. The lowest BCUT2D eigenvalue weighted by molar-refractivity contribution is -0.291. The molecule has 0 spiro atoms. The Kier molecular flexibility index (Phi) is 4.79. The number of ether oxygens (including phenoxy) is 3. The molecule has 1 atom stereocenters. The molecule has 1 aromatic rings. The highest BCUT2D eigenvalue weighted by Crippen LogP contribution is 2.48. The third-order valence-corrected chi connectivity index (χ3v) is 2.81. The highest BCUT2D eigenvalue weighted by Gasteiger charge is 2.61. The van der Waals surface area contributed by atoms with Gasteiger partial charge in [0.25, 0.3) is 0 Å². The van der Waals surface area contributed by atoms with Gasteiger partial charge in [-0.25, -0.2) is 0 Å². The van der Waals surface area contributed by atoms with Crippen LogP contribution in [0.3, 0.4) is 0 Å². The molecule has 21 heavy (non-hydrogen) atoms. The highest BCUT2D eigenvalue weighted by atomic mass is 35.5. The van der Waals surface area contributed by atoms with Crippen LogP contribution < -0.4 is 19.9 Å². The van der Waals surface area contributed by atoms with Crippen LogP contribution in [-0.2, 0) is 0 Å². The molecule has 1 aliphatic rings. The summed E-state index contributed by atoms with van der Waals surface area (Å²) >= 11 is 0. The van der Waals surface area contributed by atoms with Crippen LogP contribution in [0.1, 0.15) is 11.6 Å². The Bertz CT molecular complexity index is 523. The molecule has 0 fully saturated rings. The van der Waals surface area contributed by atoms with Crippen LogP contribution in [0.2, 0.25) is 0 Å².